The van der Waals surface area contributed by atoms with Gasteiger partial charge in [-0.15, -0.1) is 12.4 Å². The lowest BCUT2D eigenvalue weighted by Crippen LogP contribution is -2.32. The van der Waals surface area contributed by atoms with E-state index in [1.54, 1.807) is 0 Å². The molecule has 1 aliphatic heterocycles. The standard InChI is InChI=1S/C11H22N2O2.ClH/c1-9(12)2-3-11(14)13-8-10-4-6-15-7-5-10;/h9-10H,2-8,12H2,1H3,(H,13,14);1H. The minimum absolute atomic E-state index is 0. The second kappa shape index (κ2) is 8.79. The molecule has 4 nitrogen and oxygen atoms in total. The number of carbonyl (C=O) groups excluding carboxylic acids is 1. The molecule has 0 spiro atoms. The van der Waals surface area contributed by atoms with Gasteiger partial charge in [0.05, 0.1) is 0 Å². The number of nitrogens with one attached hydrogen (secondary N) is 1. The molecule has 1 amide bonds. The van der Waals surface area contributed by atoms with E-state index in [0.29, 0.717) is 12.3 Å². The lowest BCUT2D eigenvalue weighted by molar-refractivity contribution is -0.121. The van der Waals surface area contributed by atoms with Crippen molar-refractivity contribution in [2.24, 2.45) is 11.7 Å². The van der Waals surface area contributed by atoms with Crippen LogP contribution < -0.4 is 11.1 Å². The highest BCUT2D eigenvalue weighted by atomic mass is 35.5. The van der Waals surface area contributed by atoms with E-state index in [4.69, 9.17) is 10.5 Å². The van der Waals surface area contributed by atoms with Gasteiger partial charge >= 0.3 is 0 Å². The van der Waals surface area contributed by atoms with Gasteiger partial charge in [-0.3, -0.25) is 4.79 Å². The SMILES string of the molecule is CC(N)CCC(=O)NCC1CCOCC1.Cl. The van der Waals surface area contributed by atoms with Crippen LogP contribution in [0.1, 0.15) is 32.6 Å². The van der Waals surface area contributed by atoms with Crippen LogP contribution in [0.4, 0.5) is 0 Å². The zero-order chi connectivity index (χ0) is 11.1. The molecular weight excluding hydrogens is 228 g/mol. The summed E-state index contributed by atoms with van der Waals surface area (Å²) in [6.45, 7) is 4.38. The highest BCUT2D eigenvalue weighted by Crippen LogP contribution is 2.13. The van der Waals surface area contributed by atoms with Crippen LogP contribution in [0, 0.1) is 5.92 Å². The number of hydrogen-bond acceptors (Lipinski definition) is 3. The highest BCUT2D eigenvalue weighted by molar-refractivity contribution is 5.85. The molecule has 1 saturated heterocycles. The van der Waals surface area contributed by atoms with E-state index in [1.807, 2.05) is 6.92 Å². The molecule has 0 aliphatic carbocycles. The molecule has 5 heteroatoms. The van der Waals surface area contributed by atoms with E-state index in [9.17, 15) is 4.79 Å². The van der Waals surface area contributed by atoms with Crippen LogP contribution in [0.5, 0.6) is 0 Å². The summed E-state index contributed by atoms with van der Waals surface area (Å²) >= 11 is 0. The lowest BCUT2D eigenvalue weighted by Gasteiger charge is -2.22. The Kier molecular flexibility index (Phi) is 8.61. The predicted molar refractivity (Wildman–Crippen MR) is 66.7 cm³/mol. The number of ether oxygens (including phenoxy) is 1. The first-order valence-electron chi connectivity index (χ1n) is 5.78. The van der Waals surface area contributed by atoms with Gasteiger partial charge in [0.15, 0.2) is 0 Å². The van der Waals surface area contributed by atoms with Gasteiger partial charge in [-0.2, -0.15) is 0 Å². The molecule has 1 atom stereocenters. The van der Waals surface area contributed by atoms with Gasteiger partial charge in [0.25, 0.3) is 0 Å². The van der Waals surface area contributed by atoms with Gasteiger partial charge in [-0.1, -0.05) is 0 Å². The second-order valence-corrected chi connectivity index (χ2v) is 4.38. The molecule has 0 aromatic rings. The van der Waals surface area contributed by atoms with Crippen molar-refractivity contribution in [3.05, 3.63) is 0 Å². The minimum Gasteiger partial charge on any atom is -0.381 e. The second-order valence-electron chi connectivity index (χ2n) is 4.38. The summed E-state index contributed by atoms with van der Waals surface area (Å²) in [5.74, 6) is 0.719. The average molecular weight is 251 g/mol. The summed E-state index contributed by atoms with van der Waals surface area (Å²) in [6.07, 6.45) is 3.43. The molecule has 0 aromatic heterocycles. The van der Waals surface area contributed by atoms with Crippen LogP contribution in [-0.4, -0.2) is 31.7 Å². The fourth-order valence-electron chi connectivity index (χ4n) is 1.66. The summed E-state index contributed by atoms with van der Waals surface area (Å²) in [6, 6.07) is 0.110. The summed E-state index contributed by atoms with van der Waals surface area (Å²) in [7, 11) is 0. The van der Waals surface area contributed by atoms with Crippen molar-refractivity contribution in [3.8, 4) is 0 Å². The van der Waals surface area contributed by atoms with E-state index < -0.39 is 0 Å². The maximum Gasteiger partial charge on any atom is 0.220 e. The molecule has 0 radical (unpaired) electrons. The fraction of sp³-hybridized carbons (Fsp3) is 0.909. The van der Waals surface area contributed by atoms with Crippen LogP contribution in [-0.2, 0) is 9.53 Å². The van der Waals surface area contributed by atoms with E-state index in [0.717, 1.165) is 39.0 Å². The molecule has 3 N–H and O–H groups in total. The van der Waals surface area contributed by atoms with Gasteiger partial charge in [-0.05, 0) is 32.1 Å². The quantitative estimate of drug-likeness (QED) is 0.768. The molecule has 16 heavy (non-hydrogen) atoms. The van der Waals surface area contributed by atoms with Crippen molar-refractivity contribution in [1.82, 2.24) is 5.32 Å². The predicted octanol–water partition coefficient (Wildman–Crippen LogP) is 1.08. The van der Waals surface area contributed by atoms with Gasteiger partial charge < -0.3 is 15.8 Å². The molecule has 1 fully saturated rings. The van der Waals surface area contributed by atoms with E-state index in [1.165, 1.54) is 0 Å². The van der Waals surface area contributed by atoms with Gasteiger partial charge in [0.2, 0.25) is 5.91 Å². The van der Waals surface area contributed by atoms with Gasteiger partial charge in [-0.25, -0.2) is 0 Å². The topological polar surface area (TPSA) is 64.4 Å². The molecular formula is C11H23ClN2O2. The third kappa shape index (κ3) is 7.04. The van der Waals surface area contributed by atoms with Crippen molar-refractivity contribution in [3.63, 3.8) is 0 Å². The van der Waals surface area contributed by atoms with Crippen molar-refractivity contribution in [2.75, 3.05) is 19.8 Å². The summed E-state index contributed by atoms with van der Waals surface area (Å²) in [5, 5.41) is 2.96. The third-order valence-corrected chi connectivity index (χ3v) is 2.76. The molecule has 1 unspecified atom stereocenters. The Hall–Kier alpha value is -0.320. The molecule has 1 aliphatic rings. The number of halogens is 1. The molecule has 0 bridgehead atoms. The van der Waals surface area contributed by atoms with Crippen molar-refractivity contribution < 1.29 is 9.53 Å². The number of nitrogens with two attached hydrogens (primary N) is 1. The molecule has 0 saturated carbocycles. The Morgan fingerprint density at radius 1 is 1.50 bits per heavy atom. The molecule has 1 rings (SSSR count). The Bertz CT molecular complexity index is 194. The number of hydrogen-bond donors (Lipinski definition) is 2. The third-order valence-electron chi connectivity index (χ3n) is 2.76. The van der Waals surface area contributed by atoms with Crippen molar-refractivity contribution in [2.45, 2.75) is 38.6 Å². The maximum absolute atomic E-state index is 11.4. The lowest BCUT2D eigenvalue weighted by atomic mass is 10.0. The van der Waals surface area contributed by atoms with E-state index in [2.05, 4.69) is 5.32 Å². The Morgan fingerprint density at radius 3 is 2.69 bits per heavy atom. The van der Waals surface area contributed by atoms with Crippen LogP contribution >= 0.6 is 12.4 Å². The largest absolute Gasteiger partial charge is 0.381 e. The highest BCUT2D eigenvalue weighted by Gasteiger charge is 2.14. The van der Waals surface area contributed by atoms with Crippen molar-refractivity contribution >= 4 is 18.3 Å². The van der Waals surface area contributed by atoms with Crippen LogP contribution in [0.2, 0.25) is 0 Å². The Balaban J connectivity index is 0.00000225. The first kappa shape index (κ1) is 15.7. The summed E-state index contributed by atoms with van der Waals surface area (Å²) in [5.41, 5.74) is 5.58. The summed E-state index contributed by atoms with van der Waals surface area (Å²) in [4.78, 5) is 11.4. The minimum atomic E-state index is 0. The summed E-state index contributed by atoms with van der Waals surface area (Å²) < 4.78 is 5.26. The first-order chi connectivity index (χ1) is 7.18. The fourth-order valence-corrected chi connectivity index (χ4v) is 1.66. The first-order valence-corrected chi connectivity index (χ1v) is 5.78. The average Bonchev–Trinajstić information content (AvgIpc) is 2.25. The zero-order valence-corrected chi connectivity index (χ0v) is 10.7. The van der Waals surface area contributed by atoms with Crippen LogP contribution in [0.3, 0.4) is 0 Å². The normalized spacial score (nSPS) is 18.6. The smallest absolute Gasteiger partial charge is 0.220 e. The Morgan fingerprint density at radius 2 is 2.12 bits per heavy atom. The zero-order valence-electron chi connectivity index (χ0n) is 9.91. The Labute approximate surface area is 104 Å². The van der Waals surface area contributed by atoms with Crippen LogP contribution in [0.15, 0.2) is 0 Å². The number of rotatable bonds is 5. The van der Waals surface area contributed by atoms with Crippen LogP contribution in [0.25, 0.3) is 0 Å². The maximum atomic E-state index is 11.4. The molecule has 1 heterocycles. The van der Waals surface area contributed by atoms with Gasteiger partial charge in [0, 0.05) is 32.2 Å². The monoisotopic (exact) mass is 250 g/mol. The molecule has 0 aromatic carbocycles. The number of amides is 1. The van der Waals surface area contributed by atoms with Crippen molar-refractivity contribution in [1.29, 1.82) is 0 Å². The molecule has 96 valence electrons. The van der Waals surface area contributed by atoms with Gasteiger partial charge in [0.1, 0.15) is 0 Å². The van der Waals surface area contributed by atoms with E-state index in [-0.39, 0.29) is 24.4 Å². The number of carbonyl (C=O) groups is 1. The van der Waals surface area contributed by atoms with E-state index >= 15 is 0 Å².